The predicted molar refractivity (Wildman–Crippen MR) is 149 cm³/mol. The van der Waals surface area contributed by atoms with Crippen LogP contribution >= 0.6 is 11.6 Å². The highest BCUT2D eigenvalue weighted by Gasteiger charge is 2.28. The van der Waals surface area contributed by atoms with E-state index in [2.05, 4.69) is 21.9 Å². The molecular weight excluding hydrogens is 518 g/mol. The molecule has 0 bridgehead atoms. The van der Waals surface area contributed by atoms with E-state index in [1.54, 1.807) is 23.1 Å². The number of aromatic nitrogens is 4. The first kappa shape index (κ1) is 26.2. The number of carbonyl (C=O) groups is 2. The number of hydrogen-bond donors (Lipinski definition) is 2. The van der Waals surface area contributed by atoms with E-state index >= 15 is 0 Å². The monoisotopic (exact) mass is 545 g/mol. The Bertz CT molecular complexity index is 1550. The number of methoxy groups -OCH3 is 1. The first-order valence-corrected chi connectivity index (χ1v) is 12.9. The van der Waals surface area contributed by atoms with Gasteiger partial charge in [-0.3, -0.25) is 9.59 Å². The molecule has 5 rings (SSSR count). The van der Waals surface area contributed by atoms with Crippen LogP contribution in [-0.4, -0.2) is 56.7 Å². The number of rotatable bonds is 7. The Morgan fingerprint density at radius 2 is 2.03 bits per heavy atom. The Balaban J connectivity index is 1.39. The lowest BCUT2D eigenvalue weighted by molar-refractivity contribution is -0.127. The van der Waals surface area contributed by atoms with Crippen LogP contribution in [0.5, 0.6) is 5.75 Å². The van der Waals surface area contributed by atoms with E-state index < -0.39 is 0 Å². The molecule has 2 aromatic heterocycles. The lowest BCUT2D eigenvalue weighted by Gasteiger charge is -2.32. The Hall–Kier alpha value is -4.44. The fourth-order valence-electron chi connectivity index (χ4n) is 4.89. The topological polar surface area (TPSA) is 128 Å². The van der Waals surface area contributed by atoms with Gasteiger partial charge in [-0.05, 0) is 36.6 Å². The van der Waals surface area contributed by atoms with Gasteiger partial charge < -0.3 is 20.7 Å². The summed E-state index contributed by atoms with van der Waals surface area (Å²) < 4.78 is 7.14. The summed E-state index contributed by atoms with van der Waals surface area (Å²) in [6.07, 6.45) is 4.47. The molecule has 11 heteroatoms. The van der Waals surface area contributed by atoms with Crippen LogP contribution in [0.25, 0.3) is 22.3 Å². The summed E-state index contributed by atoms with van der Waals surface area (Å²) in [6.45, 7) is 5.12. The van der Waals surface area contributed by atoms with Crippen molar-refractivity contribution >= 4 is 40.3 Å². The zero-order valence-corrected chi connectivity index (χ0v) is 22.2. The number of hydrogen-bond acceptors (Lipinski definition) is 7. The van der Waals surface area contributed by atoms with E-state index in [0.717, 1.165) is 24.0 Å². The molecule has 1 aliphatic heterocycles. The van der Waals surface area contributed by atoms with Crippen molar-refractivity contribution in [3.8, 4) is 17.0 Å². The number of amides is 2. The van der Waals surface area contributed by atoms with Gasteiger partial charge in [0.2, 0.25) is 5.91 Å². The SMILES string of the molecule is C=CC(=O)N1CCCC(n2nc(-c3ccc(CNC(=O)c4cccc(Cl)c4OC)cc3)c3c(N)ncnc32)C1. The van der Waals surface area contributed by atoms with Gasteiger partial charge >= 0.3 is 0 Å². The van der Waals surface area contributed by atoms with E-state index in [9.17, 15) is 9.59 Å². The molecule has 2 aromatic carbocycles. The highest BCUT2D eigenvalue weighted by atomic mass is 35.5. The highest BCUT2D eigenvalue weighted by molar-refractivity contribution is 6.32. The molecule has 1 saturated heterocycles. The standard InChI is InChI=1S/C28H28ClN7O3/c1-3-22(37)35-13-5-6-19(15-35)36-27-23(26(30)32-16-33-27)24(34-36)18-11-9-17(10-12-18)14-31-28(38)20-7-4-8-21(29)25(20)39-2/h3-4,7-12,16,19H,1,5-6,13-15H2,2H3,(H,31,38)(H2,30,32,33). The molecule has 10 nitrogen and oxygen atoms in total. The number of anilines is 1. The lowest BCUT2D eigenvalue weighted by atomic mass is 10.1. The Labute approximate surface area is 230 Å². The number of carbonyl (C=O) groups excluding carboxylic acids is 2. The van der Waals surface area contributed by atoms with Gasteiger partial charge in [0.25, 0.3) is 5.91 Å². The molecule has 0 saturated carbocycles. The van der Waals surface area contributed by atoms with E-state index in [1.165, 1.54) is 19.5 Å². The second-order valence-electron chi connectivity index (χ2n) is 9.24. The average molecular weight is 546 g/mol. The molecule has 0 spiro atoms. The van der Waals surface area contributed by atoms with Gasteiger partial charge in [-0.1, -0.05) is 48.5 Å². The molecular formula is C28H28ClN7O3. The van der Waals surface area contributed by atoms with Crippen molar-refractivity contribution < 1.29 is 14.3 Å². The van der Waals surface area contributed by atoms with Crippen LogP contribution in [0.3, 0.4) is 0 Å². The van der Waals surface area contributed by atoms with Crippen LogP contribution in [0.4, 0.5) is 5.82 Å². The molecule has 3 heterocycles. The minimum atomic E-state index is -0.287. The second kappa shape index (κ2) is 11.1. The van der Waals surface area contributed by atoms with Crippen molar-refractivity contribution in [3.63, 3.8) is 0 Å². The Morgan fingerprint density at radius 1 is 1.23 bits per heavy atom. The van der Waals surface area contributed by atoms with Gasteiger partial charge in [0.1, 0.15) is 23.6 Å². The molecule has 1 fully saturated rings. The zero-order valence-electron chi connectivity index (χ0n) is 21.4. The minimum Gasteiger partial charge on any atom is -0.494 e. The quantitative estimate of drug-likeness (QED) is 0.336. The molecule has 0 aliphatic carbocycles. The maximum atomic E-state index is 12.7. The van der Waals surface area contributed by atoms with Crippen molar-refractivity contribution in [2.45, 2.75) is 25.4 Å². The number of piperidine rings is 1. The van der Waals surface area contributed by atoms with Crippen molar-refractivity contribution in [3.05, 3.63) is 77.6 Å². The molecule has 4 aromatic rings. The summed E-state index contributed by atoms with van der Waals surface area (Å²) in [5.74, 6) is 0.290. The zero-order chi connectivity index (χ0) is 27.5. The number of nitrogens with one attached hydrogen (secondary N) is 1. The number of halogens is 1. The summed E-state index contributed by atoms with van der Waals surface area (Å²) in [5, 5.41) is 8.85. The molecule has 3 N–H and O–H groups in total. The molecule has 39 heavy (non-hydrogen) atoms. The minimum absolute atomic E-state index is 0.0498. The molecule has 1 aliphatic rings. The fraction of sp³-hybridized carbons (Fsp3) is 0.250. The lowest BCUT2D eigenvalue weighted by Crippen LogP contribution is -2.40. The molecule has 0 radical (unpaired) electrons. The van der Waals surface area contributed by atoms with Gasteiger partial charge in [0.15, 0.2) is 5.65 Å². The maximum Gasteiger partial charge on any atom is 0.255 e. The summed E-state index contributed by atoms with van der Waals surface area (Å²) >= 11 is 6.15. The molecule has 1 unspecified atom stereocenters. The number of benzene rings is 2. The van der Waals surface area contributed by atoms with Gasteiger partial charge in [-0.2, -0.15) is 5.10 Å². The third-order valence-corrected chi connectivity index (χ3v) is 7.14. The van der Waals surface area contributed by atoms with E-state index in [0.29, 0.717) is 58.5 Å². The van der Waals surface area contributed by atoms with Gasteiger partial charge in [-0.15, -0.1) is 0 Å². The molecule has 1 atom stereocenters. The summed E-state index contributed by atoms with van der Waals surface area (Å²) in [7, 11) is 1.48. The highest BCUT2D eigenvalue weighted by Crippen LogP contribution is 2.34. The average Bonchev–Trinajstić information content (AvgIpc) is 3.36. The van der Waals surface area contributed by atoms with Gasteiger partial charge in [0.05, 0.1) is 29.1 Å². The number of fused-ring (bicyclic) bond motifs is 1. The number of para-hydroxylation sites is 1. The molecule has 200 valence electrons. The number of likely N-dealkylation sites (tertiary alicyclic amines) is 1. The van der Waals surface area contributed by atoms with Crippen LogP contribution < -0.4 is 15.8 Å². The van der Waals surface area contributed by atoms with Gasteiger partial charge in [0, 0.05) is 25.2 Å². The largest absolute Gasteiger partial charge is 0.494 e. The maximum absolute atomic E-state index is 12.7. The number of nitrogens with two attached hydrogens (primary N) is 1. The van der Waals surface area contributed by atoms with E-state index in [1.807, 2.05) is 28.9 Å². The first-order chi connectivity index (χ1) is 18.9. The van der Waals surface area contributed by atoms with E-state index in [4.69, 9.17) is 27.2 Å². The van der Waals surface area contributed by atoms with Crippen molar-refractivity contribution in [2.75, 3.05) is 25.9 Å². The smallest absolute Gasteiger partial charge is 0.255 e. The van der Waals surface area contributed by atoms with Gasteiger partial charge in [-0.25, -0.2) is 14.6 Å². The van der Waals surface area contributed by atoms with Crippen LogP contribution in [0.2, 0.25) is 5.02 Å². The number of ether oxygens (including phenoxy) is 1. The third kappa shape index (κ3) is 5.15. The normalized spacial score (nSPS) is 15.2. The summed E-state index contributed by atoms with van der Waals surface area (Å²) in [5.41, 5.74) is 9.67. The Kier molecular flexibility index (Phi) is 7.47. The number of nitrogens with zero attached hydrogens (tertiary/aromatic N) is 5. The van der Waals surface area contributed by atoms with Crippen LogP contribution in [0.15, 0.2) is 61.4 Å². The second-order valence-corrected chi connectivity index (χ2v) is 9.64. The Morgan fingerprint density at radius 3 is 2.77 bits per heavy atom. The van der Waals surface area contributed by atoms with Crippen molar-refractivity contribution in [2.24, 2.45) is 0 Å². The fourth-order valence-corrected chi connectivity index (χ4v) is 5.14. The first-order valence-electron chi connectivity index (χ1n) is 12.5. The van der Waals surface area contributed by atoms with Crippen LogP contribution in [-0.2, 0) is 11.3 Å². The molecule has 2 amide bonds. The van der Waals surface area contributed by atoms with E-state index in [-0.39, 0.29) is 17.9 Å². The van der Waals surface area contributed by atoms with Crippen molar-refractivity contribution in [1.29, 1.82) is 0 Å². The summed E-state index contributed by atoms with van der Waals surface area (Å²) in [4.78, 5) is 35.4. The predicted octanol–water partition coefficient (Wildman–Crippen LogP) is 4.02. The summed E-state index contributed by atoms with van der Waals surface area (Å²) in [6, 6.07) is 12.7. The number of nitrogen functional groups attached to an aromatic ring is 1. The van der Waals surface area contributed by atoms with Crippen LogP contribution in [0, 0.1) is 0 Å². The third-order valence-electron chi connectivity index (χ3n) is 6.84. The van der Waals surface area contributed by atoms with Crippen LogP contribution in [0.1, 0.15) is 34.8 Å². The van der Waals surface area contributed by atoms with Crippen molar-refractivity contribution in [1.82, 2.24) is 30.0 Å².